The molecule has 0 aliphatic heterocycles. The van der Waals surface area contributed by atoms with Crippen molar-refractivity contribution in [2.45, 2.75) is 40.2 Å². The Bertz CT molecular complexity index is 1030. The zero-order valence-corrected chi connectivity index (χ0v) is 16.9. The normalized spacial score (nSPS) is 11.5. The van der Waals surface area contributed by atoms with Gasteiger partial charge in [0.2, 0.25) is 0 Å². The maximum Gasteiger partial charge on any atom is 0.349 e. The van der Waals surface area contributed by atoms with Gasteiger partial charge in [-0.2, -0.15) is 0 Å². The van der Waals surface area contributed by atoms with Crippen LogP contribution in [-0.2, 0) is 9.53 Å². The highest BCUT2D eigenvalue weighted by Crippen LogP contribution is 2.30. The van der Waals surface area contributed by atoms with Gasteiger partial charge in [-0.05, 0) is 46.8 Å². The number of rotatable bonds is 6. The van der Waals surface area contributed by atoms with E-state index in [0.29, 0.717) is 23.5 Å². The molecular weight excluding hydrogens is 354 g/mol. The number of hydrogen-bond acceptors (Lipinski definition) is 4. The number of fused-ring (bicyclic) bond motifs is 1. The summed E-state index contributed by atoms with van der Waals surface area (Å²) in [5.74, 6) is 0.0819. The molecular formula is C23H25NO4. The van der Waals surface area contributed by atoms with Gasteiger partial charge in [0, 0.05) is 22.7 Å². The molecule has 0 fully saturated rings. The van der Waals surface area contributed by atoms with Crippen LogP contribution >= 0.6 is 0 Å². The fraction of sp³-hybridized carbons (Fsp3) is 0.304. The molecule has 0 saturated heterocycles. The van der Waals surface area contributed by atoms with E-state index < -0.39 is 11.6 Å². The van der Waals surface area contributed by atoms with Crippen LogP contribution < -0.4 is 4.74 Å². The predicted molar refractivity (Wildman–Crippen MR) is 109 cm³/mol. The van der Waals surface area contributed by atoms with Gasteiger partial charge in [-0.15, -0.1) is 0 Å². The number of aromatic amines is 1. The third-order valence-corrected chi connectivity index (χ3v) is 4.64. The van der Waals surface area contributed by atoms with Gasteiger partial charge in [0.1, 0.15) is 5.75 Å². The average molecular weight is 379 g/mol. The number of aromatic nitrogens is 1. The van der Waals surface area contributed by atoms with Gasteiger partial charge < -0.3 is 14.5 Å². The Labute approximate surface area is 164 Å². The molecule has 3 rings (SSSR count). The molecule has 0 bridgehead atoms. The lowest BCUT2D eigenvalue weighted by Gasteiger charge is -2.24. The Morgan fingerprint density at radius 2 is 1.71 bits per heavy atom. The van der Waals surface area contributed by atoms with E-state index >= 15 is 0 Å². The summed E-state index contributed by atoms with van der Waals surface area (Å²) in [4.78, 5) is 28.3. The van der Waals surface area contributed by atoms with Crippen LogP contribution in [0.4, 0.5) is 0 Å². The molecule has 1 heterocycles. The number of esters is 1. The average Bonchev–Trinajstić information content (AvgIpc) is 2.96. The zero-order valence-electron chi connectivity index (χ0n) is 16.9. The lowest BCUT2D eigenvalue weighted by Crippen LogP contribution is -2.39. The molecule has 1 aromatic heterocycles. The third kappa shape index (κ3) is 3.79. The lowest BCUT2D eigenvalue weighted by molar-refractivity contribution is -0.158. The molecule has 1 N–H and O–H groups in total. The van der Waals surface area contributed by atoms with Crippen LogP contribution in [-0.4, -0.2) is 28.9 Å². The minimum Gasteiger partial charge on any atom is -0.476 e. The second kappa shape index (κ2) is 7.50. The van der Waals surface area contributed by atoms with E-state index in [9.17, 15) is 9.59 Å². The molecule has 3 aromatic rings. The molecule has 0 spiro atoms. The van der Waals surface area contributed by atoms with Gasteiger partial charge in [0.05, 0.1) is 17.7 Å². The van der Waals surface area contributed by atoms with E-state index in [4.69, 9.17) is 9.47 Å². The number of H-pyrrole nitrogens is 1. The summed E-state index contributed by atoms with van der Waals surface area (Å²) in [5.41, 5.74) is 2.88. The Balaban J connectivity index is 1.94. The molecule has 5 nitrogen and oxygen atoms in total. The van der Waals surface area contributed by atoms with E-state index in [2.05, 4.69) is 4.98 Å². The first kappa shape index (κ1) is 19.7. The van der Waals surface area contributed by atoms with Crippen molar-refractivity contribution in [1.82, 2.24) is 4.98 Å². The number of nitrogens with one attached hydrogen (secondary N) is 1. The standard InChI is InChI=1S/C23H25NO4/c1-6-27-22(26)23(4,5)28-17-11-12-18-19(13-17)24-15(3)20(18)21(25)16-9-7-14(2)8-10-16/h7-13,24H,6H2,1-5H3. The number of carbonyl (C=O) groups is 2. The van der Waals surface area contributed by atoms with Gasteiger partial charge in [0.15, 0.2) is 11.4 Å². The van der Waals surface area contributed by atoms with Crippen molar-refractivity contribution in [1.29, 1.82) is 0 Å². The number of ether oxygens (including phenoxy) is 2. The minimum atomic E-state index is -1.11. The molecule has 0 aliphatic rings. The van der Waals surface area contributed by atoms with Crippen molar-refractivity contribution < 1.29 is 19.1 Å². The molecule has 28 heavy (non-hydrogen) atoms. The van der Waals surface area contributed by atoms with Gasteiger partial charge in [-0.3, -0.25) is 4.79 Å². The molecule has 0 unspecified atom stereocenters. The van der Waals surface area contributed by atoms with E-state index in [1.165, 1.54) is 0 Å². The molecule has 0 saturated carbocycles. The molecule has 0 aliphatic carbocycles. The highest BCUT2D eigenvalue weighted by Gasteiger charge is 2.31. The second-order valence-electron chi connectivity index (χ2n) is 7.36. The van der Waals surface area contributed by atoms with Crippen LogP contribution in [0.5, 0.6) is 5.75 Å². The van der Waals surface area contributed by atoms with Gasteiger partial charge in [-0.1, -0.05) is 29.8 Å². The van der Waals surface area contributed by atoms with E-state index in [-0.39, 0.29) is 5.78 Å². The fourth-order valence-electron chi connectivity index (χ4n) is 3.16. The van der Waals surface area contributed by atoms with E-state index in [1.54, 1.807) is 32.9 Å². The monoisotopic (exact) mass is 379 g/mol. The summed E-state index contributed by atoms with van der Waals surface area (Å²) >= 11 is 0. The first-order valence-corrected chi connectivity index (χ1v) is 9.33. The lowest BCUT2D eigenvalue weighted by atomic mass is 9.99. The van der Waals surface area contributed by atoms with Crippen molar-refractivity contribution >= 4 is 22.7 Å². The number of carbonyl (C=O) groups excluding carboxylic acids is 2. The number of aryl methyl sites for hydroxylation is 2. The van der Waals surface area contributed by atoms with Crippen molar-refractivity contribution in [3.63, 3.8) is 0 Å². The summed E-state index contributed by atoms with van der Waals surface area (Å²) in [6, 6.07) is 13.0. The first-order chi connectivity index (χ1) is 13.2. The second-order valence-corrected chi connectivity index (χ2v) is 7.36. The summed E-state index contributed by atoms with van der Waals surface area (Å²) in [7, 11) is 0. The van der Waals surface area contributed by atoms with E-state index in [1.807, 2.05) is 44.2 Å². The summed E-state index contributed by atoms with van der Waals surface area (Å²) in [6.07, 6.45) is 0. The fourth-order valence-corrected chi connectivity index (χ4v) is 3.16. The highest BCUT2D eigenvalue weighted by molar-refractivity contribution is 6.17. The maximum absolute atomic E-state index is 13.0. The van der Waals surface area contributed by atoms with Gasteiger partial charge in [-0.25, -0.2) is 4.79 Å². The third-order valence-electron chi connectivity index (χ3n) is 4.64. The molecule has 2 aromatic carbocycles. The van der Waals surface area contributed by atoms with Crippen LogP contribution in [0.1, 0.15) is 48.0 Å². The van der Waals surface area contributed by atoms with Gasteiger partial charge in [0.25, 0.3) is 0 Å². The Kier molecular flexibility index (Phi) is 5.27. The molecule has 0 atom stereocenters. The van der Waals surface area contributed by atoms with Crippen LogP contribution in [0.25, 0.3) is 10.9 Å². The smallest absolute Gasteiger partial charge is 0.349 e. The number of ketones is 1. The quantitative estimate of drug-likeness (QED) is 0.496. The molecule has 0 amide bonds. The summed E-state index contributed by atoms with van der Waals surface area (Å²) < 4.78 is 10.9. The predicted octanol–water partition coefficient (Wildman–Crippen LogP) is 4.74. The summed E-state index contributed by atoms with van der Waals surface area (Å²) in [6.45, 7) is 9.26. The summed E-state index contributed by atoms with van der Waals surface area (Å²) in [5, 5.41) is 0.823. The van der Waals surface area contributed by atoms with Crippen molar-refractivity contribution in [2.24, 2.45) is 0 Å². The number of hydrogen-bond donors (Lipinski definition) is 1. The molecule has 5 heteroatoms. The van der Waals surface area contributed by atoms with Crippen LogP contribution in [0.2, 0.25) is 0 Å². The largest absolute Gasteiger partial charge is 0.476 e. The van der Waals surface area contributed by atoms with Gasteiger partial charge >= 0.3 is 5.97 Å². The van der Waals surface area contributed by atoms with E-state index in [0.717, 1.165) is 22.2 Å². The van der Waals surface area contributed by atoms with Crippen molar-refractivity contribution in [3.8, 4) is 5.75 Å². The zero-order chi connectivity index (χ0) is 20.5. The van der Waals surface area contributed by atoms with Crippen LogP contribution in [0.3, 0.4) is 0 Å². The Morgan fingerprint density at radius 1 is 1.04 bits per heavy atom. The van der Waals surface area contributed by atoms with Crippen molar-refractivity contribution in [3.05, 3.63) is 64.8 Å². The topological polar surface area (TPSA) is 68.4 Å². The highest BCUT2D eigenvalue weighted by atomic mass is 16.6. The first-order valence-electron chi connectivity index (χ1n) is 9.33. The number of benzene rings is 2. The molecule has 146 valence electrons. The minimum absolute atomic E-state index is 0.0238. The van der Waals surface area contributed by atoms with Crippen LogP contribution in [0.15, 0.2) is 42.5 Å². The van der Waals surface area contributed by atoms with Crippen molar-refractivity contribution in [2.75, 3.05) is 6.61 Å². The molecule has 0 radical (unpaired) electrons. The Hall–Kier alpha value is -3.08. The van der Waals surface area contributed by atoms with Crippen LogP contribution in [0, 0.1) is 13.8 Å². The Morgan fingerprint density at radius 3 is 2.36 bits per heavy atom. The SMILES string of the molecule is CCOC(=O)C(C)(C)Oc1ccc2c(C(=O)c3ccc(C)cc3)c(C)[nH]c2c1. The maximum atomic E-state index is 13.0.